The molecule has 0 fully saturated rings. The van der Waals surface area contributed by atoms with Crippen molar-refractivity contribution in [3.8, 4) is 16.9 Å². The predicted molar refractivity (Wildman–Crippen MR) is 72.4 cm³/mol. The van der Waals surface area contributed by atoms with Gasteiger partial charge < -0.3 is 10.2 Å². The average molecular weight is 262 g/mol. The molecular formula is C14H12ClNO2. The summed E-state index contributed by atoms with van der Waals surface area (Å²) in [5.41, 5.74) is 2.87. The molecule has 0 aliphatic rings. The van der Waals surface area contributed by atoms with Gasteiger partial charge in [0.25, 0.3) is 0 Å². The number of rotatable bonds is 3. The summed E-state index contributed by atoms with van der Waals surface area (Å²) in [7, 11) is 0. The fourth-order valence-electron chi connectivity index (χ4n) is 1.74. The van der Waals surface area contributed by atoms with Gasteiger partial charge in [-0.05, 0) is 29.3 Å². The molecule has 0 atom stereocenters. The lowest BCUT2D eigenvalue weighted by atomic mass is 10.0. The fraction of sp³-hybridized carbons (Fsp3) is 0.0714. The van der Waals surface area contributed by atoms with Crippen molar-refractivity contribution in [2.75, 3.05) is 0 Å². The summed E-state index contributed by atoms with van der Waals surface area (Å²) in [4.78, 5) is 4.10. The molecule has 92 valence electrons. The molecule has 0 spiro atoms. The summed E-state index contributed by atoms with van der Waals surface area (Å²) in [6.07, 6.45) is 1.66. The van der Waals surface area contributed by atoms with Crippen molar-refractivity contribution in [2.45, 2.75) is 6.61 Å². The van der Waals surface area contributed by atoms with Gasteiger partial charge in [0.2, 0.25) is 0 Å². The van der Waals surface area contributed by atoms with Gasteiger partial charge in [0.1, 0.15) is 10.9 Å². The molecule has 0 aliphatic heterocycles. The summed E-state index contributed by atoms with van der Waals surface area (Å²) in [5, 5.41) is 18.7. The van der Waals surface area contributed by atoms with Gasteiger partial charge >= 0.3 is 0 Å². The van der Waals surface area contributed by atoms with Crippen LogP contribution in [0.15, 0.2) is 36.9 Å². The van der Waals surface area contributed by atoms with Gasteiger partial charge in [0, 0.05) is 5.56 Å². The normalized spacial score (nSPS) is 10.3. The van der Waals surface area contributed by atoms with E-state index in [0.29, 0.717) is 10.8 Å². The highest BCUT2D eigenvalue weighted by Crippen LogP contribution is 2.32. The smallest absolute Gasteiger partial charge is 0.137 e. The molecule has 0 saturated carbocycles. The average Bonchev–Trinajstić information content (AvgIpc) is 2.39. The number of aliphatic hydroxyl groups excluding tert-OH is 1. The molecule has 4 heteroatoms. The van der Waals surface area contributed by atoms with E-state index in [1.165, 1.54) is 0 Å². The molecule has 0 bridgehead atoms. The fourth-order valence-corrected chi connectivity index (χ4v) is 2.07. The number of aromatic nitrogens is 1. The zero-order chi connectivity index (χ0) is 13.1. The lowest BCUT2D eigenvalue weighted by Gasteiger charge is -2.10. The third kappa shape index (κ3) is 2.37. The van der Waals surface area contributed by atoms with Crippen LogP contribution in [0.3, 0.4) is 0 Å². The number of pyridine rings is 1. The Bertz CT molecular complexity index is 579. The molecule has 0 amide bonds. The number of aromatic hydroxyl groups is 1. The van der Waals surface area contributed by atoms with Gasteiger partial charge in [-0.3, -0.25) is 0 Å². The van der Waals surface area contributed by atoms with E-state index < -0.39 is 0 Å². The van der Waals surface area contributed by atoms with E-state index in [1.807, 2.05) is 0 Å². The zero-order valence-corrected chi connectivity index (χ0v) is 10.4. The Labute approximate surface area is 110 Å². The van der Waals surface area contributed by atoms with Crippen LogP contribution in [-0.2, 0) is 6.61 Å². The van der Waals surface area contributed by atoms with Crippen LogP contribution in [0.5, 0.6) is 5.75 Å². The number of hydrogen-bond donors (Lipinski definition) is 2. The Hall–Kier alpha value is -1.84. The third-order valence-electron chi connectivity index (χ3n) is 2.60. The van der Waals surface area contributed by atoms with E-state index in [-0.39, 0.29) is 12.4 Å². The number of nitrogens with zero attached hydrogens (tertiary/aromatic N) is 1. The molecule has 2 N–H and O–H groups in total. The van der Waals surface area contributed by atoms with Gasteiger partial charge in [-0.25, -0.2) is 4.98 Å². The maximum Gasteiger partial charge on any atom is 0.137 e. The first-order valence-corrected chi connectivity index (χ1v) is 5.75. The first-order chi connectivity index (χ1) is 8.65. The van der Waals surface area contributed by atoms with E-state index >= 15 is 0 Å². The minimum Gasteiger partial charge on any atom is -0.508 e. The Balaban J connectivity index is 2.62. The van der Waals surface area contributed by atoms with Crippen LogP contribution in [0.25, 0.3) is 17.2 Å². The highest BCUT2D eigenvalue weighted by atomic mass is 35.5. The summed E-state index contributed by atoms with van der Waals surface area (Å²) >= 11 is 6.13. The highest BCUT2D eigenvalue weighted by Gasteiger charge is 2.11. The van der Waals surface area contributed by atoms with Gasteiger partial charge in [-0.1, -0.05) is 36.4 Å². The lowest BCUT2D eigenvalue weighted by Crippen LogP contribution is -1.95. The molecule has 0 aliphatic carbocycles. The Morgan fingerprint density at radius 2 is 1.94 bits per heavy atom. The molecular weight excluding hydrogens is 250 g/mol. The van der Waals surface area contributed by atoms with Crippen molar-refractivity contribution in [3.05, 3.63) is 53.3 Å². The predicted octanol–water partition coefficient (Wildman–Crippen LogP) is 3.24. The standard InChI is InChI=1S/C14H12ClNO2/c1-2-9-7-11(8-17)16-14(15)13(9)10-3-5-12(18)6-4-10/h2-7,17-18H,1,8H2. The van der Waals surface area contributed by atoms with E-state index in [1.54, 1.807) is 36.4 Å². The van der Waals surface area contributed by atoms with Crippen molar-refractivity contribution in [3.63, 3.8) is 0 Å². The number of aliphatic hydroxyl groups is 1. The highest BCUT2D eigenvalue weighted by molar-refractivity contribution is 6.32. The van der Waals surface area contributed by atoms with Gasteiger partial charge in [0.05, 0.1) is 12.3 Å². The quantitative estimate of drug-likeness (QED) is 0.834. The maximum absolute atomic E-state index is 9.28. The minimum atomic E-state index is -0.170. The van der Waals surface area contributed by atoms with E-state index in [2.05, 4.69) is 11.6 Å². The number of phenols is 1. The summed E-state index contributed by atoms with van der Waals surface area (Å²) in [6, 6.07) is 8.41. The van der Waals surface area contributed by atoms with Crippen LogP contribution >= 0.6 is 11.6 Å². The summed E-state index contributed by atoms with van der Waals surface area (Å²) in [5.74, 6) is 0.190. The second-order valence-corrected chi connectivity index (χ2v) is 4.14. The minimum absolute atomic E-state index is 0.170. The number of phenolic OH excluding ortho intramolecular Hbond substituents is 1. The summed E-state index contributed by atoms with van der Waals surface area (Å²) < 4.78 is 0. The topological polar surface area (TPSA) is 53.4 Å². The van der Waals surface area contributed by atoms with E-state index in [9.17, 15) is 5.11 Å². The molecule has 1 heterocycles. The van der Waals surface area contributed by atoms with Crippen molar-refractivity contribution >= 4 is 17.7 Å². The molecule has 3 nitrogen and oxygen atoms in total. The molecule has 2 aromatic rings. The van der Waals surface area contributed by atoms with Crippen molar-refractivity contribution in [1.29, 1.82) is 0 Å². The number of halogens is 1. The molecule has 18 heavy (non-hydrogen) atoms. The van der Waals surface area contributed by atoms with Gasteiger partial charge in [-0.2, -0.15) is 0 Å². The molecule has 0 radical (unpaired) electrons. The molecule has 0 unspecified atom stereocenters. The number of hydrogen-bond acceptors (Lipinski definition) is 3. The van der Waals surface area contributed by atoms with Crippen LogP contribution in [0, 0.1) is 0 Å². The molecule has 1 aromatic carbocycles. The van der Waals surface area contributed by atoms with Crippen LogP contribution in [0.2, 0.25) is 5.15 Å². The third-order valence-corrected chi connectivity index (χ3v) is 2.87. The molecule has 2 rings (SSSR count). The Kier molecular flexibility index (Phi) is 3.65. The maximum atomic E-state index is 9.28. The second-order valence-electron chi connectivity index (χ2n) is 3.78. The largest absolute Gasteiger partial charge is 0.508 e. The zero-order valence-electron chi connectivity index (χ0n) is 9.60. The summed E-state index contributed by atoms with van der Waals surface area (Å²) in [6.45, 7) is 3.56. The van der Waals surface area contributed by atoms with Gasteiger partial charge in [-0.15, -0.1) is 0 Å². The number of benzene rings is 1. The van der Waals surface area contributed by atoms with Crippen molar-refractivity contribution in [2.24, 2.45) is 0 Å². The van der Waals surface area contributed by atoms with E-state index in [0.717, 1.165) is 16.7 Å². The van der Waals surface area contributed by atoms with Crippen LogP contribution in [0.4, 0.5) is 0 Å². The Morgan fingerprint density at radius 1 is 1.28 bits per heavy atom. The molecule has 1 aromatic heterocycles. The second kappa shape index (κ2) is 5.21. The lowest BCUT2D eigenvalue weighted by molar-refractivity contribution is 0.277. The van der Waals surface area contributed by atoms with Gasteiger partial charge in [0.15, 0.2) is 0 Å². The van der Waals surface area contributed by atoms with E-state index in [4.69, 9.17) is 16.7 Å². The van der Waals surface area contributed by atoms with Crippen LogP contribution in [-0.4, -0.2) is 15.2 Å². The molecule has 0 saturated heterocycles. The monoisotopic (exact) mass is 261 g/mol. The first kappa shape index (κ1) is 12.6. The van der Waals surface area contributed by atoms with Crippen LogP contribution in [0.1, 0.15) is 11.3 Å². The van der Waals surface area contributed by atoms with Crippen molar-refractivity contribution < 1.29 is 10.2 Å². The first-order valence-electron chi connectivity index (χ1n) is 5.38. The van der Waals surface area contributed by atoms with Crippen LogP contribution < -0.4 is 0 Å². The SMILES string of the molecule is C=Cc1cc(CO)nc(Cl)c1-c1ccc(O)cc1. The van der Waals surface area contributed by atoms with Crippen molar-refractivity contribution in [1.82, 2.24) is 4.98 Å². The Morgan fingerprint density at radius 3 is 2.50 bits per heavy atom.